The molecule has 2 rings (SSSR count). The predicted octanol–water partition coefficient (Wildman–Crippen LogP) is 2.89. The normalized spacial score (nSPS) is 10.8. The van der Waals surface area contributed by atoms with Crippen LogP contribution in [-0.2, 0) is 6.42 Å². The molecule has 2 aromatic rings. The fourth-order valence-corrected chi connectivity index (χ4v) is 1.71. The van der Waals surface area contributed by atoms with Gasteiger partial charge in [-0.1, -0.05) is 11.3 Å². The number of benzene rings is 1. The average Bonchev–Trinajstić information content (AvgIpc) is 2.78. The lowest BCUT2D eigenvalue weighted by atomic mass is 10.2. The van der Waals surface area contributed by atoms with E-state index in [-0.39, 0.29) is 5.82 Å². The summed E-state index contributed by atoms with van der Waals surface area (Å²) < 4.78 is 15.1. The Balaban J connectivity index is 2.27. The van der Waals surface area contributed by atoms with Crippen molar-refractivity contribution in [2.24, 2.45) is 0 Å². The standard InChI is InChI=1S/C12H13ClFN3/c1-9-4-5-11(14)12(7-9)17-8-10(15-16-17)3-2-6-13/h4-5,7-8H,2-3,6H2,1H3. The molecule has 0 atom stereocenters. The van der Waals surface area contributed by atoms with Crippen LogP contribution >= 0.6 is 11.6 Å². The van der Waals surface area contributed by atoms with Gasteiger partial charge in [0, 0.05) is 5.88 Å². The van der Waals surface area contributed by atoms with Gasteiger partial charge in [-0.15, -0.1) is 16.7 Å². The van der Waals surface area contributed by atoms with E-state index >= 15 is 0 Å². The molecule has 0 aliphatic carbocycles. The number of aryl methyl sites for hydroxylation is 2. The molecule has 0 aliphatic rings. The van der Waals surface area contributed by atoms with Crippen LogP contribution in [-0.4, -0.2) is 20.9 Å². The summed E-state index contributed by atoms with van der Waals surface area (Å²) in [5.41, 5.74) is 2.24. The summed E-state index contributed by atoms with van der Waals surface area (Å²) in [6.45, 7) is 1.91. The number of alkyl halides is 1. The van der Waals surface area contributed by atoms with E-state index in [1.165, 1.54) is 10.7 Å². The highest BCUT2D eigenvalue weighted by Gasteiger charge is 2.07. The van der Waals surface area contributed by atoms with Gasteiger partial charge >= 0.3 is 0 Å². The molecule has 0 bridgehead atoms. The van der Waals surface area contributed by atoms with Gasteiger partial charge in [-0.25, -0.2) is 9.07 Å². The average molecular weight is 254 g/mol. The van der Waals surface area contributed by atoms with Crippen LogP contribution in [0.1, 0.15) is 17.7 Å². The number of aromatic nitrogens is 3. The zero-order chi connectivity index (χ0) is 12.3. The minimum absolute atomic E-state index is 0.301. The molecule has 0 fully saturated rings. The molecule has 3 nitrogen and oxygen atoms in total. The molecule has 0 saturated heterocycles. The molecule has 1 aromatic carbocycles. The van der Waals surface area contributed by atoms with Gasteiger partial charge in [0.15, 0.2) is 0 Å². The van der Waals surface area contributed by atoms with Crippen LogP contribution in [0.5, 0.6) is 0 Å². The topological polar surface area (TPSA) is 30.7 Å². The summed E-state index contributed by atoms with van der Waals surface area (Å²) >= 11 is 5.61. The fraction of sp³-hybridized carbons (Fsp3) is 0.333. The van der Waals surface area contributed by atoms with Crippen LogP contribution in [0.4, 0.5) is 4.39 Å². The van der Waals surface area contributed by atoms with Crippen molar-refractivity contribution in [2.75, 3.05) is 5.88 Å². The molecular weight excluding hydrogens is 241 g/mol. The Labute approximate surface area is 104 Å². The van der Waals surface area contributed by atoms with Gasteiger partial charge in [-0.2, -0.15) is 0 Å². The molecule has 0 aliphatic heterocycles. The Morgan fingerprint density at radius 3 is 3.00 bits per heavy atom. The van der Waals surface area contributed by atoms with Crippen molar-refractivity contribution in [3.8, 4) is 5.69 Å². The van der Waals surface area contributed by atoms with Gasteiger partial charge in [0.25, 0.3) is 0 Å². The second-order valence-electron chi connectivity index (χ2n) is 3.90. The first-order valence-electron chi connectivity index (χ1n) is 5.44. The third-order valence-electron chi connectivity index (χ3n) is 2.46. The van der Waals surface area contributed by atoms with E-state index in [2.05, 4.69) is 10.3 Å². The number of nitrogens with zero attached hydrogens (tertiary/aromatic N) is 3. The molecule has 0 spiro atoms. The molecular formula is C12H13ClFN3. The molecule has 0 N–H and O–H groups in total. The van der Waals surface area contributed by atoms with Gasteiger partial charge in [-0.3, -0.25) is 0 Å². The maximum absolute atomic E-state index is 13.6. The number of rotatable bonds is 4. The van der Waals surface area contributed by atoms with Crippen LogP contribution in [0.15, 0.2) is 24.4 Å². The van der Waals surface area contributed by atoms with Crippen LogP contribution in [0.25, 0.3) is 5.69 Å². The molecule has 0 radical (unpaired) electrons. The van der Waals surface area contributed by atoms with Crippen molar-refractivity contribution in [3.63, 3.8) is 0 Å². The summed E-state index contributed by atoms with van der Waals surface area (Å²) in [7, 11) is 0. The van der Waals surface area contributed by atoms with Crippen LogP contribution < -0.4 is 0 Å². The predicted molar refractivity (Wildman–Crippen MR) is 65.1 cm³/mol. The lowest BCUT2D eigenvalue weighted by Gasteiger charge is -2.02. The molecule has 1 heterocycles. The molecule has 17 heavy (non-hydrogen) atoms. The maximum Gasteiger partial charge on any atom is 0.148 e. The minimum Gasteiger partial charge on any atom is -0.217 e. The molecule has 0 amide bonds. The van der Waals surface area contributed by atoms with Crippen LogP contribution in [0, 0.1) is 12.7 Å². The SMILES string of the molecule is Cc1ccc(F)c(-n2cc(CCCCl)nn2)c1. The summed E-state index contributed by atoms with van der Waals surface area (Å²) in [6, 6.07) is 4.91. The second kappa shape index (κ2) is 5.27. The lowest BCUT2D eigenvalue weighted by molar-refractivity contribution is 0.606. The smallest absolute Gasteiger partial charge is 0.148 e. The zero-order valence-corrected chi connectivity index (χ0v) is 10.3. The van der Waals surface area contributed by atoms with E-state index in [0.717, 1.165) is 24.1 Å². The Bertz CT molecular complexity index is 510. The van der Waals surface area contributed by atoms with Crippen molar-refractivity contribution in [2.45, 2.75) is 19.8 Å². The minimum atomic E-state index is -0.301. The molecule has 1 aromatic heterocycles. The number of hydrogen-bond donors (Lipinski definition) is 0. The van der Waals surface area contributed by atoms with E-state index < -0.39 is 0 Å². The van der Waals surface area contributed by atoms with Crippen molar-refractivity contribution in [3.05, 3.63) is 41.5 Å². The Kier molecular flexibility index (Phi) is 3.74. The summed E-state index contributed by atoms with van der Waals surface area (Å²) in [5, 5.41) is 7.91. The van der Waals surface area contributed by atoms with E-state index in [0.29, 0.717) is 11.6 Å². The fourth-order valence-electron chi connectivity index (χ4n) is 1.58. The number of hydrogen-bond acceptors (Lipinski definition) is 2. The molecule has 5 heteroatoms. The van der Waals surface area contributed by atoms with Crippen molar-refractivity contribution in [1.82, 2.24) is 15.0 Å². The van der Waals surface area contributed by atoms with Crippen molar-refractivity contribution < 1.29 is 4.39 Å². The van der Waals surface area contributed by atoms with Crippen molar-refractivity contribution >= 4 is 11.6 Å². The highest BCUT2D eigenvalue weighted by Crippen LogP contribution is 2.14. The Morgan fingerprint density at radius 2 is 2.24 bits per heavy atom. The molecule has 90 valence electrons. The Morgan fingerprint density at radius 1 is 1.41 bits per heavy atom. The first-order valence-corrected chi connectivity index (χ1v) is 5.98. The van der Waals surface area contributed by atoms with Crippen LogP contribution in [0.2, 0.25) is 0 Å². The van der Waals surface area contributed by atoms with E-state index in [4.69, 9.17) is 11.6 Å². The first kappa shape index (κ1) is 12.0. The van der Waals surface area contributed by atoms with Gasteiger partial charge in [0.1, 0.15) is 11.5 Å². The Hall–Kier alpha value is -1.42. The first-order chi connectivity index (χ1) is 8.20. The highest BCUT2D eigenvalue weighted by atomic mass is 35.5. The van der Waals surface area contributed by atoms with E-state index in [1.54, 1.807) is 18.3 Å². The second-order valence-corrected chi connectivity index (χ2v) is 4.28. The summed E-state index contributed by atoms with van der Waals surface area (Å²) in [6.07, 6.45) is 3.35. The van der Waals surface area contributed by atoms with Gasteiger partial charge in [0.05, 0.1) is 11.9 Å². The third-order valence-corrected chi connectivity index (χ3v) is 2.72. The molecule has 0 saturated carbocycles. The number of halogens is 2. The monoisotopic (exact) mass is 253 g/mol. The lowest BCUT2D eigenvalue weighted by Crippen LogP contribution is -1.99. The largest absolute Gasteiger partial charge is 0.217 e. The van der Waals surface area contributed by atoms with Crippen LogP contribution in [0.3, 0.4) is 0 Å². The summed E-state index contributed by atoms with van der Waals surface area (Å²) in [5.74, 6) is 0.287. The maximum atomic E-state index is 13.6. The third kappa shape index (κ3) is 2.82. The van der Waals surface area contributed by atoms with E-state index in [9.17, 15) is 4.39 Å². The van der Waals surface area contributed by atoms with E-state index in [1.807, 2.05) is 6.92 Å². The van der Waals surface area contributed by atoms with Crippen molar-refractivity contribution in [1.29, 1.82) is 0 Å². The van der Waals surface area contributed by atoms with Gasteiger partial charge < -0.3 is 0 Å². The zero-order valence-electron chi connectivity index (χ0n) is 9.53. The molecule has 0 unspecified atom stereocenters. The highest BCUT2D eigenvalue weighted by molar-refractivity contribution is 6.17. The van der Waals surface area contributed by atoms with Gasteiger partial charge in [-0.05, 0) is 37.5 Å². The quantitative estimate of drug-likeness (QED) is 0.785. The van der Waals surface area contributed by atoms with Gasteiger partial charge in [0.2, 0.25) is 0 Å². The summed E-state index contributed by atoms with van der Waals surface area (Å²) in [4.78, 5) is 0.